The summed E-state index contributed by atoms with van der Waals surface area (Å²) in [7, 11) is 0. The van der Waals surface area contributed by atoms with Crippen molar-refractivity contribution in [1.82, 2.24) is 4.98 Å². The first-order chi connectivity index (χ1) is 5.34. The van der Waals surface area contributed by atoms with Crippen molar-refractivity contribution in [3.05, 3.63) is 29.6 Å². The Balaban J connectivity index is 2.10. The van der Waals surface area contributed by atoms with Gasteiger partial charge in [0.15, 0.2) is 0 Å². The van der Waals surface area contributed by atoms with Gasteiger partial charge in [-0.3, -0.25) is 4.98 Å². The molecule has 1 aromatic rings. The number of aromatic nitrogens is 1. The molecule has 1 saturated carbocycles. The van der Waals surface area contributed by atoms with Crippen LogP contribution in [0.2, 0.25) is 0 Å². The van der Waals surface area contributed by atoms with Crippen molar-refractivity contribution in [2.24, 2.45) is 5.92 Å². The molecule has 1 aliphatic rings. The van der Waals surface area contributed by atoms with Gasteiger partial charge >= 0.3 is 0 Å². The van der Waals surface area contributed by atoms with Crippen LogP contribution < -0.4 is 0 Å². The second kappa shape index (κ2) is 2.65. The maximum absolute atomic E-state index is 4.45. The molecule has 0 unspecified atom stereocenters. The number of aryl methyl sites for hydroxylation is 1. The van der Waals surface area contributed by atoms with Crippen LogP contribution >= 0.6 is 0 Å². The summed E-state index contributed by atoms with van der Waals surface area (Å²) < 4.78 is 0. The molecule has 0 aliphatic heterocycles. The highest BCUT2D eigenvalue weighted by atomic mass is 14.7. The van der Waals surface area contributed by atoms with Gasteiger partial charge in [0.1, 0.15) is 0 Å². The molecule has 0 saturated heterocycles. The molecule has 0 spiro atoms. The van der Waals surface area contributed by atoms with Gasteiger partial charge in [-0.05, 0) is 44.2 Å². The zero-order chi connectivity index (χ0) is 7.68. The lowest BCUT2D eigenvalue weighted by molar-refractivity contribution is 0.799. The Kier molecular flexibility index (Phi) is 1.65. The van der Waals surface area contributed by atoms with E-state index in [9.17, 15) is 0 Å². The van der Waals surface area contributed by atoms with E-state index < -0.39 is 0 Å². The summed E-state index contributed by atoms with van der Waals surface area (Å²) in [6.45, 7) is 2.05. The molecule has 1 nitrogen and oxygen atoms in total. The molecule has 0 radical (unpaired) electrons. The minimum Gasteiger partial charge on any atom is -0.258 e. The molecule has 0 atom stereocenters. The van der Waals surface area contributed by atoms with E-state index in [0.717, 1.165) is 11.6 Å². The summed E-state index contributed by atoms with van der Waals surface area (Å²) in [6.07, 6.45) is 4.02. The Bertz CT molecular complexity index is 251. The van der Waals surface area contributed by atoms with Gasteiger partial charge in [0.2, 0.25) is 0 Å². The fraction of sp³-hybridized carbons (Fsp3) is 0.500. The topological polar surface area (TPSA) is 12.9 Å². The number of pyridine rings is 1. The summed E-state index contributed by atoms with van der Waals surface area (Å²) in [4.78, 5) is 4.45. The van der Waals surface area contributed by atoms with Crippen molar-refractivity contribution in [2.45, 2.75) is 26.2 Å². The van der Waals surface area contributed by atoms with E-state index in [4.69, 9.17) is 0 Å². The minimum atomic E-state index is 0.948. The number of hydrogen-bond acceptors (Lipinski definition) is 1. The van der Waals surface area contributed by atoms with Gasteiger partial charge in [-0.2, -0.15) is 0 Å². The molecule has 1 heteroatoms. The zero-order valence-corrected chi connectivity index (χ0v) is 6.88. The van der Waals surface area contributed by atoms with Gasteiger partial charge in [0.05, 0.1) is 0 Å². The molecular weight excluding hydrogens is 134 g/mol. The van der Waals surface area contributed by atoms with Crippen LogP contribution in [-0.4, -0.2) is 4.98 Å². The van der Waals surface area contributed by atoms with E-state index in [2.05, 4.69) is 30.1 Å². The Morgan fingerprint density at radius 1 is 1.45 bits per heavy atom. The number of hydrogen-bond donors (Lipinski definition) is 0. The Morgan fingerprint density at radius 3 is 2.91 bits per heavy atom. The summed E-state index contributed by atoms with van der Waals surface area (Å²) in [5.74, 6) is 0.948. The van der Waals surface area contributed by atoms with Crippen LogP contribution in [0.25, 0.3) is 0 Å². The first kappa shape index (κ1) is 6.84. The Labute approximate surface area is 67.5 Å². The smallest absolute Gasteiger partial charge is 0.0409 e. The molecule has 0 aromatic carbocycles. The lowest BCUT2D eigenvalue weighted by Crippen LogP contribution is -1.92. The first-order valence-electron chi connectivity index (χ1n) is 4.27. The molecule has 2 rings (SSSR count). The first-order valence-corrected chi connectivity index (χ1v) is 4.27. The molecule has 11 heavy (non-hydrogen) atoms. The van der Waals surface area contributed by atoms with Gasteiger partial charge in [-0.1, -0.05) is 6.07 Å². The van der Waals surface area contributed by atoms with Crippen molar-refractivity contribution in [2.75, 3.05) is 0 Å². The van der Waals surface area contributed by atoms with Gasteiger partial charge in [-0.15, -0.1) is 0 Å². The second-order valence-corrected chi connectivity index (χ2v) is 3.42. The molecular formula is C10H13N. The Morgan fingerprint density at radius 2 is 2.27 bits per heavy atom. The van der Waals surface area contributed by atoms with E-state index >= 15 is 0 Å². The van der Waals surface area contributed by atoms with Gasteiger partial charge < -0.3 is 0 Å². The highest BCUT2D eigenvalue weighted by Crippen LogP contribution is 2.31. The van der Waals surface area contributed by atoms with Crippen LogP contribution in [0, 0.1) is 12.8 Å². The van der Waals surface area contributed by atoms with E-state index in [0.29, 0.717) is 0 Å². The van der Waals surface area contributed by atoms with Crippen molar-refractivity contribution in [1.29, 1.82) is 0 Å². The van der Waals surface area contributed by atoms with Crippen molar-refractivity contribution < 1.29 is 0 Å². The average Bonchev–Trinajstić information content (AvgIpc) is 2.71. The van der Waals surface area contributed by atoms with Crippen LogP contribution in [0.1, 0.15) is 24.2 Å². The van der Waals surface area contributed by atoms with Gasteiger partial charge in [-0.25, -0.2) is 0 Å². The predicted molar refractivity (Wildman–Crippen MR) is 45.4 cm³/mol. The minimum absolute atomic E-state index is 0.948. The predicted octanol–water partition coefficient (Wildman–Crippen LogP) is 2.34. The lowest BCUT2D eigenvalue weighted by atomic mass is 10.2. The summed E-state index contributed by atoms with van der Waals surface area (Å²) in [6, 6.07) is 6.28. The van der Waals surface area contributed by atoms with Crippen LogP contribution in [-0.2, 0) is 6.42 Å². The molecule has 1 aromatic heterocycles. The quantitative estimate of drug-likeness (QED) is 0.625. The van der Waals surface area contributed by atoms with Crippen LogP contribution in [0.3, 0.4) is 0 Å². The monoisotopic (exact) mass is 147 g/mol. The highest BCUT2D eigenvalue weighted by Gasteiger charge is 2.21. The number of nitrogens with zero attached hydrogens (tertiary/aromatic N) is 1. The number of rotatable bonds is 2. The van der Waals surface area contributed by atoms with E-state index in [-0.39, 0.29) is 0 Å². The molecule has 0 amide bonds. The van der Waals surface area contributed by atoms with Gasteiger partial charge in [0, 0.05) is 11.4 Å². The van der Waals surface area contributed by atoms with Crippen LogP contribution in [0.4, 0.5) is 0 Å². The Hall–Kier alpha value is -0.850. The molecule has 1 aliphatic carbocycles. The average molecular weight is 147 g/mol. The third-order valence-corrected chi connectivity index (χ3v) is 2.14. The summed E-state index contributed by atoms with van der Waals surface area (Å²) in [5.41, 5.74) is 2.41. The van der Waals surface area contributed by atoms with Crippen LogP contribution in [0.5, 0.6) is 0 Å². The van der Waals surface area contributed by atoms with Gasteiger partial charge in [0.25, 0.3) is 0 Å². The summed E-state index contributed by atoms with van der Waals surface area (Å²) >= 11 is 0. The lowest BCUT2D eigenvalue weighted by Gasteiger charge is -1.98. The molecule has 1 fully saturated rings. The SMILES string of the molecule is Cc1cccc(CC2CC2)n1. The fourth-order valence-corrected chi connectivity index (χ4v) is 1.33. The molecule has 1 heterocycles. The largest absolute Gasteiger partial charge is 0.258 e. The van der Waals surface area contributed by atoms with E-state index in [1.807, 2.05) is 0 Å². The molecule has 0 N–H and O–H groups in total. The second-order valence-electron chi connectivity index (χ2n) is 3.42. The van der Waals surface area contributed by atoms with Crippen molar-refractivity contribution in [3.8, 4) is 0 Å². The van der Waals surface area contributed by atoms with E-state index in [1.165, 1.54) is 25.0 Å². The normalized spacial score (nSPS) is 16.8. The molecule has 58 valence electrons. The van der Waals surface area contributed by atoms with Crippen molar-refractivity contribution in [3.63, 3.8) is 0 Å². The van der Waals surface area contributed by atoms with Crippen LogP contribution in [0.15, 0.2) is 18.2 Å². The fourth-order valence-electron chi connectivity index (χ4n) is 1.33. The standard InChI is InChI=1S/C10H13N/c1-8-3-2-4-10(11-8)7-9-5-6-9/h2-4,9H,5-7H2,1H3. The highest BCUT2D eigenvalue weighted by molar-refractivity contribution is 5.11. The maximum atomic E-state index is 4.45. The maximum Gasteiger partial charge on any atom is 0.0409 e. The van der Waals surface area contributed by atoms with Crippen molar-refractivity contribution >= 4 is 0 Å². The van der Waals surface area contributed by atoms with E-state index in [1.54, 1.807) is 0 Å². The zero-order valence-electron chi connectivity index (χ0n) is 6.88. The third-order valence-electron chi connectivity index (χ3n) is 2.14. The summed E-state index contributed by atoms with van der Waals surface area (Å²) in [5, 5.41) is 0. The molecule has 0 bridgehead atoms. The third kappa shape index (κ3) is 1.79.